The van der Waals surface area contributed by atoms with Crippen LogP contribution in [0.5, 0.6) is 0 Å². The van der Waals surface area contributed by atoms with Gasteiger partial charge in [-0.1, -0.05) is 95.8 Å². The average molecular weight is 639 g/mol. The molecule has 4 aromatic carbocycles. The summed E-state index contributed by atoms with van der Waals surface area (Å²) in [6, 6.07) is 27.1. The molecule has 0 unspecified atom stereocenters. The molecule has 50 heavy (non-hydrogen) atoms. The molecule has 0 spiro atoms. The second-order valence-corrected chi connectivity index (χ2v) is 13.1. The molecule has 2 aliphatic rings. The highest BCUT2D eigenvalue weighted by Crippen LogP contribution is 2.56. The fraction of sp³-hybridized carbons (Fsp3) is 0.200. The number of allylic oxidation sites excluding steroid dienone is 2. The summed E-state index contributed by atoms with van der Waals surface area (Å²) < 4.78 is 0. The molecule has 238 valence electrons. The van der Waals surface area contributed by atoms with Gasteiger partial charge in [0.15, 0.2) is 0 Å². The van der Waals surface area contributed by atoms with Gasteiger partial charge in [0.05, 0.1) is 0 Å². The first-order chi connectivity index (χ1) is 24.4. The lowest BCUT2D eigenvalue weighted by atomic mass is 9.70. The summed E-state index contributed by atoms with van der Waals surface area (Å²) in [5, 5.41) is 0. The molecule has 0 bridgehead atoms. The van der Waals surface area contributed by atoms with Crippen LogP contribution < -0.4 is 0 Å². The Kier molecular flexibility index (Phi) is 9.72. The van der Waals surface area contributed by atoms with Crippen molar-refractivity contribution in [1.29, 1.82) is 0 Å². The van der Waals surface area contributed by atoms with Crippen molar-refractivity contribution >= 4 is 0 Å². The highest BCUT2D eigenvalue weighted by atomic mass is 14.5. The van der Waals surface area contributed by atoms with E-state index in [2.05, 4.69) is 159 Å². The Balaban J connectivity index is 1.57. The molecule has 0 N–H and O–H groups in total. The number of terminal acetylenes is 2. The number of unbranched alkanes of at least 4 members (excludes halogenated alkanes) is 2. The van der Waals surface area contributed by atoms with Gasteiger partial charge in [0, 0.05) is 5.41 Å². The highest BCUT2D eigenvalue weighted by molar-refractivity contribution is 5.90. The molecule has 0 saturated heterocycles. The highest BCUT2D eigenvalue weighted by Gasteiger charge is 2.44. The van der Waals surface area contributed by atoms with Crippen molar-refractivity contribution in [2.24, 2.45) is 0 Å². The van der Waals surface area contributed by atoms with Crippen molar-refractivity contribution in [3.8, 4) is 105 Å². The molecular weight excluding hydrogens is 601 g/mol. The minimum absolute atomic E-state index is 0.0880. The van der Waals surface area contributed by atoms with E-state index in [9.17, 15) is 0 Å². The zero-order valence-corrected chi connectivity index (χ0v) is 28.9. The minimum atomic E-state index is -0.969. The summed E-state index contributed by atoms with van der Waals surface area (Å²) in [5.41, 5.74) is 13.3. The van der Waals surface area contributed by atoms with Crippen LogP contribution in [0.1, 0.15) is 71.9 Å². The van der Waals surface area contributed by atoms with Crippen molar-refractivity contribution in [3.63, 3.8) is 0 Å². The molecule has 0 atom stereocenters. The van der Waals surface area contributed by atoms with Crippen molar-refractivity contribution in [3.05, 3.63) is 131 Å². The number of benzene rings is 4. The molecule has 0 aromatic heterocycles. The molecule has 0 nitrogen and oxygen atoms in total. The summed E-state index contributed by atoms with van der Waals surface area (Å²) in [6.45, 7) is 12.3. The van der Waals surface area contributed by atoms with Crippen molar-refractivity contribution in [2.45, 2.75) is 63.2 Å². The summed E-state index contributed by atoms with van der Waals surface area (Å²) >= 11 is 0. The number of hydrogen-bond acceptors (Lipinski definition) is 0. The van der Waals surface area contributed by atoms with E-state index in [1.807, 2.05) is 12.2 Å². The smallest absolute Gasteiger partial charge is 0.106 e. The second kappa shape index (κ2) is 14.5. The molecule has 0 amide bonds. The lowest BCUT2D eigenvalue weighted by Crippen LogP contribution is -2.25. The Morgan fingerprint density at radius 1 is 0.540 bits per heavy atom. The van der Waals surface area contributed by atoms with Gasteiger partial charge in [0.25, 0.3) is 0 Å². The molecule has 0 heteroatoms. The van der Waals surface area contributed by atoms with Crippen LogP contribution in [-0.2, 0) is 10.8 Å². The van der Waals surface area contributed by atoms with Gasteiger partial charge < -0.3 is 0 Å². The van der Waals surface area contributed by atoms with Gasteiger partial charge in [0.2, 0.25) is 0 Å². The van der Waals surface area contributed by atoms with Crippen molar-refractivity contribution in [2.75, 3.05) is 0 Å². The maximum absolute atomic E-state index is 5.42. The topological polar surface area (TPSA) is 0 Å². The molecule has 0 radical (unpaired) electrons. The molecule has 4 aromatic rings. The van der Waals surface area contributed by atoms with Gasteiger partial charge in [0.1, 0.15) is 5.41 Å². The fourth-order valence-electron chi connectivity index (χ4n) is 7.85. The van der Waals surface area contributed by atoms with E-state index in [1.54, 1.807) is 0 Å². The summed E-state index contributed by atoms with van der Waals surface area (Å²) in [7, 11) is 0. The second-order valence-electron chi connectivity index (χ2n) is 13.1. The van der Waals surface area contributed by atoms with E-state index >= 15 is 0 Å². The standard InChI is InChI=1S/C50H38/c1-7-11-15-19-31-50(32-20-16-12-8-2)46-34-38(6)22-26-42(46)44-28-24-40(36-48(44)50)39-23-27-43-41-25-21-37(5)33-45(41)49(47(43)35-39,29-17-13-9-3)30-18-14-10-4/h1-2,9-10,21-28,33-36H,3-4,13-14,17-18,29-30H2,5-6H3. The van der Waals surface area contributed by atoms with Crippen LogP contribution in [0.25, 0.3) is 33.4 Å². The lowest BCUT2D eigenvalue weighted by Gasteiger charge is -2.33. The van der Waals surface area contributed by atoms with E-state index < -0.39 is 5.41 Å². The van der Waals surface area contributed by atoms with Crippen molar-refractivity contribution in [1.82, 2.24) is 0 Å². The summed E-state index contributed by atoms with van der Waals surface area (Å²) in [4.78, 5) is 0. The molecule has 0 fully saturated rings. The van der Waals surface area contributed by atoms with E-state index in [1.165, 1.54) is 27.8 Å². The van der Waals surface area contributed by atoms with Gasteiger partial charge in [-0.05, 0) is 168 Å². The average Bonchev–Trinajstić information content (AvgIpc) is 3.54. The Morgan fingerprint density at radius 3 is 1.46 bits per heavy atom. The first-order valence-electron chi connectivity index (χ1n) is 17.1. The van der Waals surface area contributed by atoms with Crippen LogP contribution in [0, 0.1) is 85.9 Å². The predicted octanol–water partition coefficient (Wildman–Crippen LogP) is 10.5. The van der Waals surface area contributed by atoms with Gasteiger partial charge in [-0.25, -0.2) is 0 Å². The monoisotopic (exact) mass is 638 g/mol. The normalized spacial score (nSPS) is 12.9. The Labute approximate surface area is 299 Å². The first kappa shape index (κ1) is 33.6. The zero-order valence-electron chi connectivity index (χ0n) is 28.9. The molecule has 0 heterocycles. The fourth-order valence-corrected chi connectivity index (χ4v) is 7.85. The van der Waals surface area contributed by atoms with E-state index in [0.717, 1.165) is 77.5 Å². The molecular formula is C50H38. The van der Waals surface area contributed by atoms with Gasteiger partial charge in [-0.2, -0.15) is 0 Å². The van der Waals surface area contributed by atoms with E-state index in [-0.39, 0.29) is 5.41 Å². The van der Waals surface area contributed by atoms with Crippen molar-refractivity contribution < 1.29 is 0 Å². The van der Waals surface area contributed by atoms with E-state index in [4.69, 9.17) is 12.8 Å². The van der Waals surface area contributed by atoms with Crippen LogP contribution in [0.2, 0.25) is 0 Å². The predicted molar refractivity (Wildman–Crippen MR) is 211 cm³/mol. The number of aryl methyl sites for hydroxylation is 2. The van der Waals surface area contributed by atoms with Crippen LogP contribution >= 0.6 is 0 Å². The van der Waals surface area contributed by atoms with Crippen LogP contribution in [0.4, 0.5) is 0 Å². The lowest BCUT2D eigenvalue weighted by molar-refractivity contribution is 0.422. The Bertz CT molecular complexity index is 2320. The summed E-state index contributed by atoms with van der Waals surface area (Å²) in [5.74, 6) is 28.5. The Hall–Kier alpha value is -6.28. The minimum Gasteiger partial charge on any atom is -0.106 e. The molecule has 0 saturated carbocycles. The van der Waals surface area contributed by atoms with Crippen LogP contribution in [0.3, 0.4) is 0 Å². The third kappa shape index (κ3) is 5.96. The maximum atomic E-state index is 5.42. The number of hydrogen-bond donors (Lipinski definition) is 0. The zero-order chi connectivity index (χ0) is 35.1. The van der Waals surface area contributed by atoms with Gasteiger partial charge in [-0.3, -0.25) is 0 Å². The number of rotatable bonds is 9. The first-order valence-corrected chi connectivity index (χ1v) is 17.1. The maximum Gasteiger partial charge on any atom is 0.145 e. The van der Waals surface area contributed by atoms with Crippen LogP contribution in [-0.4, -0.2) is 0 Å². The summed E-state index contributed by atoms with van der Waals surface area (Å²) in [6.07, 6.45) is 21.2. The molecule has 0 aliphatic heterocycles. The third-order valence-corrected chi connectivity index (χ3v) is 10.1. The number of fused-ring (bicyclic) bond motifs is 6. The van der Waals surface area contributed by atoms with Gasteiger partial charge >= 0.3 is 0 Å². The van der Waals surface area contributed by atoms with Crippen LogP contribution in [0.15, 0.2) is 98.1 Å². The molecule has 2 aliphatic carbocycles. The quantitative estimate of drug-likeness (QED) is 0.0972. The third-order valence-electron chi connectivity index (χ3n) is 10.1. The Morgan fingerprint density at radius 2 is 0.960 bits per heavy atom. The molecule has 6 rings (SSSR count). The largest absolute Gasteiger partial charge is 0.145 e. The van der Waals surface area contributed by atoms with Gasteiger partial charge in [-0.15, -0.1) is 26.0 Å². The SMILES string of the molecule is C#CC#CC#CC1(C#CC#CC#C)c2cc(C)ccc2-c2ccc(-c3ccc4c(c3)C(CCCC=C)(CCCC=C)c3cc(C)ccc3-4)cc21. The van der Waals surface area contributed by atoms with E-state index in [0.29, 0.717) is 0 Å².